The summed E-state index contributed by atoms with van der Waals surface area (Å²) in [7, 11) is -3.55. The van der Waals surface area contributed by atoms with E-state index in [-0.39, 0.29) is 16.1 Å². The summed E-state index contributed by atoms with van der Waals surface area (Å²) in [5.41, 5.74) is 1.19. The van der Waals surface area contributed by atoms with Gasteiger partial charge < -0.3 is 5.32 Å². The molecule has 142 valence electrons. The summed E-state index contributed by atoms with van der Waals surface area (Å²) in [4.78, 5) is 12.6. The second-order valence-corrected chi connectivity index (χ2v) is 9.28. The number of aryl methyl sites for hydroxylation is 1. The Kier molecular flexibility index (Phi) is 8.96. The van der Waals surface area contributed by atoms with Crippen LogP contribution in [0.2, 0.25) is 0 Å². The zero-order chi connectivity index (χ0) is 19.0. The fourth-order valence-corrected chi connectivity index (χ4v) is 5.11. The van der Waals surface area contributed by atoms with Gasteiger partial charge in [-0.3, -0.25) is 4.79 Å². The van der Waals surface area contributed by atoms with E-state index in [2.05, 4.69) is 12.2 Å². The number of hydrogen-bond acceptors (Lipinski definition) is 4. The summed E-state index contributed by atoms with van der Waals surface area (Å²) >= 11 is 1.61. The second kappa shape index (κ2) is 10.2. The van der Waals surface area contributed by atoms with Gasteiger partial charge in [0.25, 0.3) is 0 Å². The number of hydrogen-bond donors (Lipinski definition) is 1. The third kappa shape index (κ3) is 6.01. The van der Waals surface area contributed by atoms with Crippen LogP contribution in [-0.4, -0.2) is 42.7 Å². The van der Waals surface area contributed by atoms with E-state index in [0.29, 0.717) is 24.3 Å². The number of rotatable bonds is 10. The molecular weight excluding hydrogens is 356 g/mol. The molecule has 0 aliphatic heterocycles. The van der Waals surface area contributed by atoms with Crippen LogP contribution in [-0.2, 0) is 14.8 Å². The molecule has 0 aromatic heterocycles. The highest BCUT2D eigenvalue weighted by atomic mass is 32.2. The number of nitrogens with zero attached hydrogens (tertiary/aromatic N) is 1. The van der Waals surface area contributed by atoms with Crippen molar-refractivity contribution in [3.05, 3.63) is 23.8 Å². The number of amides is 1. The average Bonchev–Trinajstić information content (AvgIpc) is 2.57. The number of nitrogens with one attached hydrogen (secondary N) is 1. The first-order chi connectivity index (χ1) is 11.8. The number of carbonyl (C=O) groups is 1. The molecule has 1 rings (SSSR count). The molecule has 0 aliphatic rings. The van der Waals surface area contributed by atoms with Gasteiger partial charge in [0.15, 0.2) is 0 Å². The second-order valence-electron chi connectivity index (χ2n) is 5.93. The summed E-state index contributed by atoms with van der Waals surface area (Å²) in [6.45, 7) is 10.2. The van der Waals surface area contributed by atoms with Gasteiger partial charge in [0.1, 0.15) is 0 Å². The lowest BCUT2D eigenvalue weighted by molar-refractivity contribution is -0.115. The normalized spacial score (nSPS) is 13.0. The third-order valence-electron chi connectivity index (χ3n) is 4.01. The molecule has 0 saturated carbocycles. The largest absolute Gasteiger partial charge is 0.325 e. The highest BCUT2D eigenvalue weighted by molar-refractivity contribution is 8.00. The van der Waals surface area contributed by atoms with E-state index in [9.17, 15) is 13.2 Å². The van der Waals surface area contributed by atoms with Gasteiger partial charge in [0, 0.05) is 18.8 Å². The summed E-state index contributed by atoms with van der Waals surface area (Å²) < 4.78 is 27.0. The molecule has 5 nitrogen and oxygen atoms in total. The minimum absolute atomic E-state index is 0.101. The van der Waals surface area contributed by atoms with Crippen LogP contribution in [0.1, 0.15) is 46.1 Å². The van der Waals surface area contributed by atoms with Crippen LogP contribution < -0.4 is 5.32 Å². The third-order valence-corrected chi connectivity index (χ3v) is 7.44. The maximum absolute atomic E-state index is 12.8. The molecule has 1 unspecified atom stereocenters. The van der Waals surface area contributed by atoms with E-state index in [1.165, 1.54) is 4.31 Å². The Balaban J connectivity index is 2.96. The molecule has 1 aromatic carbocycles. The highest BCUT2D eigenvalue weighted by Gasteiger charge is 2.24. The van der Waals surface area contributed by atoms with Crippen molar-refractivity contribution in [2.75, 3.05) is 24.2 Å². The first-order valence-corrected chi connectivity index (χ1v) is 11.3. The fourth-order valence-electron chi connectivity index (χ4n) is 2.38. The van der Waals surface area contributed by atoms with Crippen LogP contribution in [0.25, 0.3) is 0 Å². The zero-order valence-corrected chi connectivity index (χ0v) is 17.5. The smallest absolute Gasteiger partial charge is 0.243 e. The fraction of sp³-hybridized carbons (Fsp3) is 0.611. The van der Waals surface area contributed by atoms with Crippen LogP contribution in [0.5, 0.6) is 0 Å². The molecule has 0 saturated heterocycles. The molecule has 7 heteroatoms. The van der Waals surface area contributed by atoms with Crippen LogP contribution in [0.15, 0.2) is 23.1 Å². The minimum atomic E-state index is -3.55. The predicted molar refractivity (Wildman–Crippen MR) is 107 cm³/mol. The summed E-state index contributed by atoms with van der Waals surface area (Å²) in [6.07, 6.45) is 2.19. The van der Waals surface area contributed by atoms with E-state index in [1.54, 1.807) is 36.9 Å². The first kappa shape index (κ1) is 22.0. The van der Waals surface area contributed by atoms with Gasteiger partial charge in [-0.2, -0.15) is 4.31 Å². The lowest BCUT2D eigenvalue weighted by Crippen LogP contribution is -2.31. The lowest BCUT2D eigenvalue weighted by Gasteiger charge is -2.20. The molecular formula is C18H30N2O3S2. The van der Waals surface area contributed by atoms with Crippen LogP contribution in [0.4, 0.5) is 5.69 Å². The van der Waals surface area contributed by atoms with Crippen LogP contribution >= 0.6 is 11.8 Å². The average molecular weight is 387 g/mol. The van der Waals surface area contributed by atoms with Crippen LogP contribution in [0, 0.1) is 6.92 Å². The Bertz CT molecular complexity index is 671. The molecule has 1 amide bonds. The Morgan fingerprint density at radius 1 is 1.24 bits per heavy atom. The number of thioether (sulfide) groups is 1. The zero-order valence-electron chi connectivity index (χ0n) is 15.8. The minimum Gasteiger partial charge on any atom is -0.325 e. The molecule has 0 spiro atoms. The number of carbonyl (C=O) groups excluding carboxylic acids is 1. The van der Waals surface area contributed by atoms with Crippen LogP contribution in [0.3, 0.4) is 0 Å². The van der Waals surface area contributed by atoms with Gasteiger partial charge in [0.05, 0.1) is 10.1 Å². The number of anilines is 1. The van der Waals surface area contributed by atoms with E-state index in [1.807, 2.05) is 20.8 Å². The molecule has 0 heterocycles. The van der Waals surface area contributed by atoms with Gasteiger partial charge in [0.2, 0.25) is 15.9 Å². The topological polar surface area (TPSA) is 66.5 Å². The van der Waals surface area contributed by atoms with Gasteiger partial charge in [-0.15, -0.1) is 11.8 Å². The Morgan fingerprint density at radius 2 is 1.88 bits per heavy atom. The molecule has 25 heavy (non-hydrogen) atoms. The Labute approximate surface area is 156 Å². The number of unbranched alkanes of at least 4 members (excludes halogenated alkanes) is 1. The summed E-state index contributed by atoms with van der Waals surface area (Å²) in [5, 5.41) is 2.67. The van der Waals surface area contributed by atoms with E-state index >= 15 is 0 Å². The maximum Gasteiger partial charge on any atom is 0.243 e. The van der Waals surface area contributed by atoms with Crippen molar-refractivity contribution in [2.45, 2.75) is 57.6 Å². The van der Waals surface area contributed by atoms with Gasteiger partial charge in [-0.1, -0.05) is 33.3 Å². The van der Waals surface area contributed by atoms with Crippen molar-refractivity contribution in [2.24, 2.45) is 0 Å². The van der Waals surface area contributed by atoms with Gasteiger partial charge >= 0.3 is 0 Å². The summed E-state index contributed by atoms with van der Waals surface area (Å²) in [6, 6.07) is 5.04. The Hall–Kier alpha value is -1.05. The van der Waals surface area contributed by atoms with E-state index in [0.717, 1.165) is 18.6 Å². The molecule has 0 aliphatic carbocycles. The quantitative estimate of drug-likeness (QED) is 0.620. The van der Waals surface area contributed by atoms with Crippen molar-refractivity contribution in [3.63, 3.8) is 0 Å². The van der Waals surface area contributed by atoms with Crippen molar-refractivity contribution < 1.29 is 13.2 Å². The van der Waals surface area contributed by atoms with Crippen molar-refractivity contribution in [1.82, 2.24) is 4.31 Å². The molecule has 0 radical (unpaired) electrons. The molecule has 0 fully saturated rings. The lowest BCUT2D eigenvalue weighted by atomic mass is 10.2. The molecule has 1 aromatic rings. The SMILES string of the molecule is CCCCSC(C)C(=O)Nc1ccc(C)c(S(=O)(=O)N(CC)CC)c1. The van der Waals surface area contributed by atoms with E-state index < -0.39 is 10.0 Å². The Morgan fingerprint density at radius 3 is 2.44 bits per heavy atom. The van der Waals surface area contributed by atoms with Crippen molar-refractivity contribution in [3.8, 4) is 0 Å². The first-order valence-electron chi connectivity index (χ1n) is 8.81. The molecule has 0 bridgehead atoms. The van der Waals surface area contributed by atoms with Gasteiger partial charge in [-0.25, -0.2) is 8.42 Å². The highest BCUT2D eigenvalue weighted by Crippen LogP contribution is 2.24. The number of sulfonamides is 1. The standard InChI is InChI=1S/C18H30N2O3S2/c1-6-9-12-24-15(5)18(21)19-16-11-10-14(4)17(13-16)25(22,23)20(7-2)8-3/h10-11,13,15H,6-9,12H2,1-5H3,(H,19,21). The summed E-state index contributed by atoms with van der Waals surface area (Å²) in [5.74, 6) is 0.844. The van der Waals surface area contributed by atoms with Gasteiger partial charge in [-0.05, 0) is 43.7 Å². The predicted octanol–water partition coefficient (Wildman–Crippen LogP) is 3.89. The monoisotopic (exact) mass is 386 g/mol. The van der Waals surface area contributed by atoms with E-state index in [4.69, 9.17) is 0 Å². The van der Waals surface area contributed by atoms with Crippen molar-refractivity contribution >= 4 is 33.4 Å². The number of benzene rings is 1. The molecule has 1 N–H and O–H groups in total. The maximum atomic E-state index is 12.8. The molecule has 1 atom stereocenters. The van der Waals surface area contributed by atoms with Crippen molar-refractivity contribution in [1.29, 1.82) is 0 Å².